The number of pyridine rings is 2. The number of para-hydroxylation sites is 2. The van der Waals surface area contributed by atoms with Crippen molar-refractivity contribution in [1.29, 1.82) is 0 Å². The third-order valence-electron chi connectivity index (χ3n) is 8.77. The standard InChI is InChI=1S/C24H22N3O.C18H24NSi.Ir/c1-13(2)27-20-9-7-6-8-19(20)26-24(27)17-11-10-14(3)21-18-12-15(4)25-16(5)22(18)28-23(17)21;1-14(2)11-16-12-17(15-9-7-6-8-10-15)19-13-18(16)20(3,4)5;/h6-10,12-13H,1-5H3;6-9,12-14H,11H2,1-5H3;/q2*-1;. The number of furan rings is 1. The molecule has 7 aromatic rings. The van der Waals surface area contributed by atoms with Gasteiger partial charge in [0, 0.05) is 43.4 Å². The fourth-order valence-electron chi connectivity index (χ4n) is 6.68. The Morgan fingerprint density at radius 1 is 0.878 bits per heavy atom. The molecule has 5 nitrogen and oxygen atoms in total. The molecule has 3 aromatic carbocycles. The first-order valence-electron chi connectivity index (χ1n) is 17.0. The minimum Gasteiger partial charge on any atom is -0.499 e. The van der Waals surface area contributed by atoms with Crippen molar-refractivity contribution in [2.75, 3.05) is 0 Å². The molecule has 4 heterocycles. The smallest absolute Gasteiger partial charge is 0.142 e. The number of aromatic nitrogens is 4. The molecule has 0 amide bonds. The molecule has 0 bridgehead atoms. The van der Waals surface area contributed by atoms with Crippen LogP contribution in [0.1, 0.15) is 56.3 Å². The second kappa shape index (κ2) is 14.5. The van der Waals surface area contributed by atoms with Crippen molar-refractivity contribution in [3.05, 3.63) is 108 Å². The zero-order chi connectivity index (χ0) is 34.3. The quantitative estimate of drug-likeness (QED) is 0.124. The molecule has 0 spiro atoms. The predicted octanol–water partition coefficient (Wildman–Crippen LogP) is 10.6. The van der Waals surface area contributed by atoms with E-state index < -0.39 is 8.07 Å². The Morgan fingerprint density at radius 2 is 1.61 bits per heavy atom. The number of hydrogen-bond acceptors (Lipinski definition) is 4. The van der Waals surface area contributed by atoms with Crippen LogP contribution in [0.4, 0.5) is 0 Å². The molecule has 0 aliphatic rings. The summed E-state index contributed by atoms with van der Waals surface area (Å²) in [5, 5.41) is 3.73. The van der Waals surface area contributed by atoms with Crippen molar-refractivity contribution < 1.29 is 24.5 Å². The van der Waals surface area contributed by atoms with Crippen LogP contribution in [0.15, 0.2) is 77.3 Å². The predicted molar refractivity (Wildman–Crippen MR) is 204 cm³/mol. The number of hydrogen-bond donors (Lipinski definition) is 0. The molecule has 1 radical (unpaired) electrons. The summed E-state index contributed by atoms with van der Waals surface area (Å²) in [6.07, 6.45) is 3.24. The number of nitrogens with zero attached hydrogens (tertiary/aromatic N) is 4. The Labute approximate surface area is 305 Å². The molecular weight excluding hydrogens is 797 g/mol. The van der Waals surface area contributed by atoms with Gasteiger partial charge in [0.1, 0.15) is 5.58 Å². The van der Waals surface area contributed by atoms with E-state index in [-0.39, 0.29) is 26.1 Å². The Kier molecular flexibility index (Phi) is 10.8. The summed E-state index contributed by atoms with van der Waals surface area (Å²) in [4.78, 5) is 14.2. The first-order chi connectivity index (χ1) is 22.8. The minimum atomic E-state index is -1.34. The van der Waals surface area contributed by atoms with Crippen molar-refractivity contribution in [2.24, 2.45) is 5.92 Å². The molecule has 7 heteroatoms. The summed E-state index contributed by atoms with van der Waals surface area (Å²) in [6, 6.07) is 29.7. The van der Waals surface area contributed by atoms with Gasteiger partial charge in [-0.3, -0.25) is 9.97 Å². The zero-order valence-corrected chi connectivity index (χ0v) is 33.7. The fourth-order valence-corrected chi connectivity index (χ4v) is 8.27. The largest absolute Gasteiger partial charge is 0.499 e. The third-order valence-corrected chi connectivity index (χ3v) is 10.8. The molecule has 0 saturated carbocycles. The van der Waals surface area contributed by atoms with E-state index in [2.05, 4.69) is 124 Å². The van der Waals surface area contributed by atoms with E-state index >= 15 is 0 Å². The molecule has 0 aliphatic heterocycles. The summed E-state index contributed by atoms with van der Waals surface area (Å²) in [6.45, 7) is 22.2. The number of aryl methyl sites for hydroxylation is 3. The van der Waals surface area contributed by atoms with Crippen LogP contribution >= 0.6 is 0 Å². The second-order valence-electron chi connectivity index (χ2n) is 14.6. The third kappa shape index (κ3) is 7.35. The maximum atomic E-state index is 6.39. The number of imidazole rings is 1. The van der Waals surface area contributed by atoms with Crippen molar-refractivity contribution >= 4 is 46.2 Å². The van der Waals surface area contributed by atoms with Crippen LogP contribution in [-0.4, -0.2) is 27.6 Å². The van der Waals surface area contributed by atoms with E-state index in [4.69, 9.17) is 9.40 Å². The van der Waals surface area contributed by atoms with Crippen LogP contribution in [0.25, 0.3) is 55.6 Å². The van der Waals surface area contributed by atoms with Gasteiger partial charge in [-0.1, -0.05) is 75.1 Å². The maximum absolute atomic E-state index is 6.39. The average Bonchev–Trinajstić information content (AvgIpc) is 3.61. The molecule has 7 rings (SSSR count). The van der Waals surface area contributed by atoms with E-state index in [9.17, 15) is 0 Å². The summed E-state index contributed by atoms with van der Waals surface area (Å²) < 4.78 is 8.65. The molecule has 49 heavy (non-hydrogen) atoms. The molecule has 4 aromatic heterocycles. The van der Waals surface area contributed by atoms with E-state index in [0.29, 0.717) is 5.92 Å². The van der Waals surface area contributed by atoms with Gasteiger partial charge in [-0.25, -0.2) is 0 Å². The van der Waals surface area contributed by atoms with Gasteiger partial charge in [0.15, 0.2) is 0 Å². The van der Waals surface area contributed by atoms with Crippen LogP contribution in [-0.2, 0) is 26.5 Å². The summed E-state index contributed by atoms with van der Waals surface area (Å²) >= 11 is 0. The second-order valence-corrected chi connectivity index (χ2v) is 19.7. The van der Waals surface area contributed by atoms with Crippen molar-refractivity contribution in [1.82, 2.24) is 19.5 Å². The van der Waals surface area contributed by atoms with Gasteiger partial charge in [-0.2, -0.15) is 0 Å². The van der Waals surface area contributed by atoms with Crippen molar-refractivity contribution in [3.8, 4) is 22.6 Å². The van der Waals surface area contributed by atoms with Crippen LogP contribution in [0.3, 0.4) is 0 Å². The summed E-state index contributed by atoms with van der Waals surface area (Å²) in [5.41, 5.74) is 11.3. The van der Waals surface area contributed by atoms with E-state index in [1.165, 1.54) is 10.8 Å². The molecular formula is C42H46IrN4OSi-2. The normalized spacial score (nSPS) is 11.8. The number of benzene rings is 3. The van der Waals surface area contributed by atoms with E-state index in [1.54, 1.807) is 0 Å². The molecule has 255 valence electrons. The Bertz CT molecular complexity index is 2240. The Hall–Kier alpha value is -3.90. The van der Waals surface area contributed by atoms with Crippen molar-refractivity contribution in [3.63, 3.8) is 0 Å². The minimum absolute atomic E-state index is 0. The molecule has 0 saturated heterocycles. The maximum Gasteiger partial charge on any atom is 0.142 e. The number of rotatable bonds is 6. The molecule has 0 fully saturated rings. The average molecular weight is 843 g/mol. The van der Waals surface area contributed by atoms with E-state index in [1.807, 2.05) is 44.2 Å². The first-order valence-corrected chi connectivity index (χ1v) is 20.5. The van der Waals surface area contributed by atoms with Crippen LogP contribution in [0, 0.1) is 38.8 Å². The molecule has 0 unspecified atom stereocenters. The number of fused-ring (bicyclic) bond motifs is 4. The van der Waals surface area contributed by atoms with Gasteiger partial charge in [0.2, 0.25) is 0 Å². The van der Waals surface area contributed by atoms with Gasteiger partial charge in [0.25, 0.3) is 0 Å². The Morgan fingerprint density at radius 3 is 2.29 bits per heavy atom. The topological polar surface area (TPSA) is 56.7 Å². The monoisotopic (exact) mass is 843 g/mol. The van der Waals surface area contributed by atoms with Gasteiger partial charge in [0.05, 0.1) is 36.2 Å². The molecule has 0 aliphatic carbocycles. The van der Waals surface area contributed by atoms with Crippen LogP contribution < -0.4 is 5.19 Å². The van der Waals surface area contributed by atoms with Crippen LogP contribution in [0.2, 0.25) is 19.6 Å². The van der Waals surface area contributed by atoms with Gasteiger partial charge in [-0.05, 0) is 69.1 Å². The van der Waals surface area contributed by atoms with Gasteiger partial charge < -0.3 is 14.0 Å². The fraction of sp³-hybridized carbons (Fsp3) is 0.310. The Balaban J connectivity index is 0.000000199. The molecule has 0 N–H and O–H groups in total. The first kappa shape index (κ1) is 36.4. The van der Waals surface area contributed by atoms with Crippen molar-refractivity contribution in [2.45, 2.75) is 80.6 Å². The SMILES string of the molecule is CC(C)Cc1cc(-c2[c-]cccc2)ncc1[Si](C)(C)C.Cc1cc2c(oc3c(-c4nc5ccccc5n4C(C)C)[c-]cc(C)c32)c(C)n1.[Ir]. The van der Waals surface area contributed by atoms with Gasteiger partial charge >= 0.3 is 0 Å². The van der Waals surface area contributed by atoms with E-state index in [0.717, 1.165) is 79.0 Å². The zero-order valence-electron chi connectivity index (χ0n) is 30.3. The summed E-state index contributed by atoms with van der Waals surface area (Å²) in [5.74, 6) is 1.56. The molecule has 0 atom stereocenters. The van der Waals surface area contributed by atoms with Crippen LogP contribution in [0.5, 0.6) is 0 Å². The van der Waals surface area contributed by atoms with Gasteiger partial charge in [-0.15, -0.1) is 53.6 Å². The summed E-state index contributed by atoms with van der Waals surface area (Å²) in [7, 11) is -1.34.